The summed E-state index contributed by atoms with van der Waals surface area (Å²) < 4.78 is 0.929. The van der Waals surface area contributed by atoms with Crippen molar-refractivity contribution >= 4 is 51.4 Å². The molecular formula is C11H10IN5O2. The molecule has 7 nitrogen and oxygen atoms in total. The number of rotatable bonds is 2. The van der Waals surface area contributed by atoms with Gasteiger partial charge in [0.2, 0.25) is 0 Å². The fourth-order valence-electron chi connectivity index (χ4n) is 1.78. The molecule has 8 heteroatoms. The van der Waals surface area contributed by atoms with Gasteiger partial charge >= 0.3 is 5.97 Å². The molecule has 0 saturated carbocycles. The first-order valence-electron chi connectivity index (χ1n) is 5.50. The van der Waals surface area contributed by atoms with Gasteiger partial charge in [-0.25, -0.2) is 4.79 Å². The molecule has 1 aliphatic rings. The Kier molecular flexibility index (Phi) is 2.71. The number of nitrogens with zero attached hydrogens (tertiary/aromatic N) is 3. The van der Waals surface area contributed by atoms with E-state index in [9.17, 15) is 4.79 Å². The van der Waals surface area contributed by atoms with E-state index in [4.69, 9.17) is 5.11 Å². The number of hydrogen-bond donors (Lipinski definition) is 3. The zero-order chi connectivity index (χ0) is 13.6. The van der Waals surface area contributed by atoms with Crippen LogP contribution in [0, 0.1) is 3.70 Å². The van der Waals surface area contributed by atoms with Gasteiger partial charge in [-0.3, -0.25) is 5.10 Å². The molecule has 2 heterocycles. The van der Waals surface area contributed by atoms with E-state index >= 15 is 0 Å². The number of benzene rings is 1. The van der Waals surface area contributed by atoms with Crippen molar-refractivity contribution in [2.24, 2.45) is 5.10 Å². The molecule has 0 aliphatic carbocycles. The van der Waals surface area contributed by atoms with Gasteiger partial charge in [0.1, 0.15) is 3.70 Å². The standard InChI is InChI=1S/C11H10IN5O2/c1-11(10(18)19)5-13-17(16-11)6-2-3-8-7(4-6)9(12)15-14-8/h2-5,16H,1H3,(H,14,15)(H,18,19). The van der Waals surface area contributed by atoms with Gasteiger partial charge < -0.3 is 5.11 Å². The Hall–Kier alpha value is -1.68. The van der Waals surface area contributed by atoms with Crippen LogP contribution in [-0.2, 0) is 4.79 Å². The van der Waals surface area contributed by atoms with E-state index in [2.05, 4.69) is 43.3 Å². The molecule has 0 radical (unpaired) electrons. The summed E-state index contributed by atoms with van der Waals surface area (Å²) in [6, 6.07) is 5.59. The van der Waals surface area contributed by atoms with Gasteiger partial charge in [-0.15, -0.1) is 0 Å². The fourth-order valence-corrected chi connectivity index (χ4v) is 2.34. The van der Waals surface area contributed by atoms with E-state index in [0.717, 1.165) is 20.3 Å². The van der Waals surface area contributed by atoms with Gasteiger partial charge in [0.05, 0.1) is 17.4 Å². The molecule has 3 N–H and O–H groups in total. The van der Waals surface area contributed by atoms with Crippen molar-refractivity contribution < 1.29 is 9.90 Å². The van der Waals surface area contributed by atoms with E-state index in [0.29, 0.717) is 0 Å². The third-order valence-electron chi connectivity index (χ3n) is 2.95. The number of nitrogens with one attached hydrogen (secondary N) is 2. The summed E-state index contributed by atoms with van der Waals surface area (Å²) in [5.74, 6) is -0.974. The highest BCUT2D eigenvalue weighted by atomic mass is 127. The molecule has 0 fully saturated rings. The third-order valence-corrected chi connectivity index (χ3v) is 3.77. The minimum absolute atomic E-state index is 0.757. The average Bonchev–Trinajstić information content (AvgIpc) is 2.95. The number of halogens is 1. The molecule has 1 aromatic carbocycles. The maximum atomic E-state index is 11.1. The first-order chi connectivity index (χ1) is 8.99. The van der Waals surface area contributed by atoms with Crippen LogP contribution in [0.4, 0.5) is 5.69 Å². The number of hydrogen-bond acceptors (Lipinski definition) is 5. The summed E-state index contributed by atoms with van der Waals surface area (Å²) in [4.78, 5) is 11.1. The lowest BCUT2D eigenvalue weighted by Crippen LogP contribution is -2.51. The highest BCUT2D eigenvalue weighted by molar-refractivity contribution is 14.1. The average molecular weight is 371 g/mol. The number of carboxylic acids is 1. The molecule has 0 saturated heterocycles. The fraction of sp³-hybridized carbons (Fsp3) is 0.182. The van der Waals surface area contributed by atoms with E-state index in [-0.39, 0.29) is 0 Å². The minimum atomic E-state index is -1.18. The number of anilines is 1. The SMILES string of the molecule is CC1(C(=O)O)C=NN(c2ccc3n[nH]c(I)c3c2)N1. The quantitative estimate of drug-likeness (QED) is 0.693. The first-order valence-corrected chi connectivity index (χ1v) is 6.57. The maximum absolute atomic E-state index is 11.1. The van der Waals surface area contributed by atoms with Gasteiger partial charge in [0.25, 0.3) is 0 Å². The van der Waals surface area contributed by atoms with Crippen LogP contribution < -0.4 is 10.5 Å². The Labute approximate surface area is 121 Å². The Bertz CT molecular complexity index is 697. The van der Waals surface area contributed by atoms with Crippen molar-refractivity contribution in [3.05, 3.63) is 21.9 Å². The van der Waals surface area contributed by atoms with E-state index < -0.39 is 11.5 Å². The van der Waals surface area contributed by atoms with Gasteiger partial charge in [-0.1, -0.05) is 0 Å². The highest BCUT2D eigenvalue weighted by Crippen LogP contribution is 2.25. The van der Waals surface area contributed by atoms with Crippen molar-refractivity contribution in [1.29, 1.82) is 0 Å². The Balaban J connectivity index is 1.96. The zero-order valence-corrected chi connectivity index (χ0v) is 12.0. The number of carbonyl (C=O) groups is 1. The van der Waals surface area contributed by atoms with Gasteiger partial charge in [-0.05, 0) is 47.7 Å². The molecule has 98 valence electrons. The van der Waals surface area contributed by atoms with Gasteiger partial charge in [0, 0.05) is 5.39 Å². The van der Waals surface area contributed by atoms with E-state index in [1.54, 1.807) is 6.92 Å². The van der Waals surface area contributed by atoms with Gasteiger partial charge in [0.15, 0.2) is 5.54 Å². The summed E-state index contributed by atoms with van der Waals surface area (Å²) in [6.45, 7) is 1.55. The molecule has 1 aliphatic heterocycles. The highest BCUT2D eigenvalue weighted by Gasteiger charge is 2.37. The molecule has 2 aromatic rings. The predicted octanol–water partition coefficient (Wildman–Crippen LogP) is 1.32. The summed E-state index contributed by atoms with van der Waals surface area (Å²) in [7, 11) is 0. The van der Waals surface area contributed by atoms with Crippen LogP contribution in [0.25, 0.3) is 10.9 Å². The van der Waals surface area contributed by atoms with Crippen LogP contribution in [-0.4, -0.2) is 33.0 Å². The Morgan fingerprint density at radius 1 is 1.53 bits per heavy atom. The van der Waals surface area contributed by atoms with Crippen LogP contribution >= 0.6 is 22.6 Å². The van der Waals surface area contributed by atoms with Crippen molar-refractivity contribution in [2.75, 3.05) is 5.12 Å². The second-order valence-electron chi connectivity index (χ2n) is 4.41. The van der Waals surface area contributed by atoms with Crippen molar-refractivity contribution in [1.82, 2.24) is 15.6 Å². The lowest BCUT2D eigenvalue weighted by Gasteiger charge is -2.21. The number of hydrazine groups is 1. The molecule has 1 unspecified atom stereocenters. The number of aromatic amines is 1. The van der Waals surface area contributed by atoms with Gasteiger partial charge in [-0.2, -0.15) is 20.7 Å². The number of carboxylic acid groups (broad SMARTS) is 1. The van der Waals surface area contributed by atoms with Crippen molar-refractivity contribution in [2.45, 2.75) is 12.5 Å². The van der Waals surface area contributed by atoms with Crippen LogP contribution in [0.5, 0.6) is 0 Å². The largest absolute Gasteiger partial charge is 0.480 e. The number of fused-ring (bicyclic) bond motifs is 1. The van der Waals surface area contributed by atoms with E-state index in [1.807, 2.05) is 18.2 Å². The topological polar surface area (TPSA) is 93.6 Å². The van der Waals surface area contributed by atoms with E-state index in [1.165, 1.54) is 11.3 Å². The maximum Gasteiger partial charge on any atom is 0.331 e. The molecule has 1 aromatic heterocycles. The first kappa shape index (κ1) is 12.4. The predicted molar refractivity (Wildman–Crippen MR) is 79.0 cm³/mol. The third kappa shape index (κ3) is 1.96. The molecule has 0 spiro atoms. The van der Waals surface area contributed by atoms with Crippen LogP contribution in [0.15, 0.2) is 23.3 Å². The second-order valence-corrected chi connectivity index (χ2v) is 5.49. The molecular weight excluding hydrogens is 361 g/mol. The lowest BCUT2D eigenvalue weighted by atomic mass is 10.1. The normalized spacial score (nSPS) is 22.3. The smallest absolute Gasteiger partial charge is 0.331 e. The minimum Gasteiger partial charge on any atom is -0.480 e. The van der Waals surface area contributed by atoms with Crippen LogP contribution in [0.2, 0.25) is 0 Å². The summed E-state index contributed by atoms with van der Waals surface area (Å²) in [5.41, 5.74) is 3.27. The number of hydrazone groups is 1. The summed E-state index contributed by atoms with van der Waals surface area (Å²) >= 11 is 2.16. The number of aliphatic carboxylic acids is 1. The van der Waals surface area contributed by atoms with Crippen LogP contribution in [0.1, 0.15) is 6.92 Å². The molecule has 3 rings (SSSR count). The Morgan fingerprint density at radius 3 is 3.00 bits per heavy atom. The molecule has 0 amide bonds. The lowest BCUT2D eigenvalue weighted by molar-refractivity contribution is -0.140. The summed E-state index contributed by atoms with van der Waals surface area (Å²) in [6.07, 6.45) is 1.37. The Morgan fingerprint density at radius 2 is 2.32 bits per heavy atom. The number of aromatic nitrogens is 2. The van der Waals surface area contributed by atoms with Crippen LogP contribution in [0.3, 0.4) is 0 Å². The monoisotopic (exact) mass is 371 g/mol. The molecule has 0 bridgehead atoms. The van der Waals surface area contributed by atoms with Crippen molar-refractivity contribution in [3.8, 4) is 0 Å². The second kappa shape index (κ2) is 4.17. The molecule has 1 atom stereocenters. The zero-order valence-electron chi connectivity index (χ0n) is 9.88. The van der Waals surface area contributed by atoms with Crippen molar-refractivity contribution in [3.63, 3.8) is 0 Å². The number of H-pyrrole nitrogens is 1. The molecule has 19 heavy (non-hydrogen) atoms. The summed E-state index contributed by atoms with van der Waals surface area (Å²) in [5, 5.41) is 22.7.